The van der Waals surface area contributed by atoms with Crippen LogP contribution in [-0.4, -0.2) is 15.9 Å². The van der Waals surface area contributed by atoms with Gasteiger partial charge in [-0.25, -0.2) is 0 Å². The standard InChI is InChI=1S/C16H31BrO2.Ag/c1-2-3-4-5-6-7-8-9-10-11-12-13-14-15(17)16(18)19;/h15H,2-14H2,1H3,(H,18,19);. The van der Waals surface area contributed by atoms with E-state index in [1.807, 2.05) is 0 Å². The van der Waals surface area contributed by atoms with Gasteiger partial charge in [-0.3, -0.25) is 4.79 Å². The molecule has 0 aliphatic rings. The molecule has 0 amide bonds. The Morgan fingerprint density at radius 2 is 1.20 bits per heavy atom. The van der Waals surface area contributed by atoms with Gasteiger partial charge in [-0.1, -0.05) is 99.9 Å². The van der Waals surface area contributed by atoms with Crippen molar-refractivity contribution in [1.82, 2.24) is 0 Å². The fourth-order valence-corrected chi connectivity index (χ4v) is 2.61. The van der Waals surface area contributed by atoms with Crippen LogP contribution in [0.15, 0.2) is 0 Å². The van der Waals surface area contributed by atoms with Crippen molar-refractivity contribution in [2.75, 3.05) is 0 Å². The number of aliphatic carboxylic acids is 1. The van der Waals surface area contributed by atoms with E-state index in [1.165, 1.54) is 70.6 Å². The van der Waals surface area contributed by atoms with E-state index in [9.17, 15) is 4.79 Å². The normalized spacial score (nSPS) is 11.9. The van der Waals surface area contributed by atoms with Crippen LogP contribution in [0.4, 0.5) is 0 Å². The van der Waals surface area contributed by atoms with E-state index in [0.29, 0.717) is 0 Å². The molecule has 0 fully saturated rings. The van der Waals surface area contributed by atoms with Crippen LogP contribution in [-0.2, 0) is 27.2 Å². The fraction of sp³-hybridized carbons (Fsp3) is 0.938. The molecule has 0 heterocycles. The molecule has 1 unspecified atom stereocenters. The molecular formula is C16H31AgBrO2. The maximum absolute atomic E-state index is 10.6. The van der Waals surface area contributed by atoms with Gasteiger partial charge in [-0.15, -0.1) is 0 Å². The zero-order chi connectivity index (χ0) is 14.3. The second-order valence-electron chi connectivity index (χ2n) is 5.48. The molecule has 4 heteroatoms. The topological polar surface area (TPSA) is 37.3 Å². The predicted molar refractivity (Wildman–Crippen MR) is 86.0 cm³/mol. The molecule has 0 spiro atoms. The van der Waals surface area contributed by atoms with Gasteiger partial charge in [0, 0.05) is 22.4 Å². The summed E-state index contributed by atoms with van der Waals surface area (Å²) in [7, 11) is 0. The van der Waals surface area contributed by atoms with Gasteiger partial charge in [0.25, 0.3) is 0 Å². The van der Waals surface area contributed by atoms with Crippen LogP contribution in [0.5, 0.6) is 0 Å². The molecule has 1 radical (unpaired) electrons. The Morgan fingerprint density at radius 3 is 1.55 bits per heavy atom. The van der Waals surface area contributed by atoms with Gasteiger partial charge in [0.15, 0.2) is 0 Å². The molecule has 0 aromatic rings. The first-order chi connectivity index (χ1) is 9.18. The summed E-state index contributed by atoms with van der Waals surface area (Å²) in [5, 5.41) is 8.71. The number of alkyl halides is 1. The Balaban J connectivity index is 0. The zero-order valence-corrected chi connectivity index (χ0v) is 15.9. The summed E-state index contributed by atoms with van der Waals surface area (Å²) >= 11 is 3.17. The molecule has 125 valence electrons. The van der Waals surface area contributed by atoms with Crippen LogP contribution in [0, 0.1) is 0 Å². The quantitative estimate of drug-likeness (QED) is 0.206. The van der Waals surface area contributed by atoms with E-state index in [-0.39, 0.29) is 27.2 Å². The van der Waals surface area contributed by atoms with Gasteiger partial charge in [0.1, 0.15) is 4.83 Å². The molecule has 0 rings (SSSR count). The van der Waals surface area contributed by atoms with E-state index in [4.69, 9.17) is 5.11 Å². The molecular weight excluding hydrogens is 412 g/mol. The molecule has 0 saturated heterocycles. The average Bonchev–Trinajstić information content (AvgIpc) is 2.39. The number of halogens is 1. The van der Waals surface area contributed by atoms with Crippen LogP contribution in [0.1, 0.15) is 90.4 Å². The predicted octanol–water partition coefficient (Wildman–Crippen LogP) is 5.92. The van der Waals surface area contributed by atoms with E-state index in [0.717, 1.165) is 12.8 Å². The molecule has 0 saturated carbocycles. The minimum Gasteiger partial charge on any atom is -0.480 e. The first-order valence-corrected chi connectivity index (χ1v) is 8.97. The third-order valence-electron chi connectivity index (χ3n) is 3.58. The third kappa shape index (κ3) is 16.7. The van der Waals surface area contributed by atoms with Crippen molar-refractivity contribution in [3.8, 4) is 0 Å². The molecule has 0 aliphatic heterocycles. The van der Waals surface area contributed by atoms with Crippen LogP contribution in [0.3, 0.4) is 0 Å². The summed E-state index contributed by atoms with van der Waals surface area (Å²) < 4.78 is 0. The molecule has 0 aromatic heterocycles. The Bertz CT molecular complexity index is 213. The van der Waals surface area contributed by atoms with E-state index < -0.39 is 5.97 Å². The zero-order valence-electron chi connectivity index (χ0n) is 12.8. The number of carboxylic acids is 1. The first-order valence-electron chi connectivity index (χ1n) is 8.05. The molecule has 1 N–H and O–H groups in total. The van der Waals surface area contributed by atoms with Crippen molar-refractivity contribution in [2.45, 2.75) is 95.2 Å². The molecule has 20 heavy (non-hydrogen) atoms. The van der Waals surface area contributed by atoms with Gasteiger partial charge in [0.05, 0.1) is 0 Å². The summed E-state index contributed by atoms with van der Waals surface area (Å²) in [6.45, 7) is 2.26. The monoisotopic (exact) mass is 441 g/mol. The number of carboxylic acid groups (broad SMARTS) is 1. The van der Waals surface area contributed by atoms with Crippen molar-refractivity contribution in [3.05, 3.63) is 0 Å². The minimum atomic E-state index is -0.733. The molecule has 0 bridgehead atoms. The summed E-state index contributed by atoms with van der Waals surface area (Å²) in [5.41, 5.74) is 0. The number of hydrogen-bond donors (Lipinski definition) is 1. The number of hydrogen-bond acceptors (Lipinski definition) is 1. The second-order valence-corrected chi connectivity index (χ2v) is 6.59. The van der Waals surface area contributed by atoms with Gasteiger partial charge < -0.3 is 5.11 Å². The second kappa shape index (κ2) is 17.7. The minimum absolute atomic E-state index is 0. The van der Waals surface area contributed by atoms with Crippen molar-refractivity contribution >= 4 is 21.9 Å². The van der Waals surface area contributed by atoms with Crippen molar-refractivity contribution in [1.29, 1.82) is 0 Å². The molecule has 0 aliphatic carbocycles. The number of rotatable bonds is 14. The Kier molecular flexibility index (Phi) is 20.4. The summed E-state index contributed by atoms with van der Waals surface area (Å²) in [6.07, 6.45) is 16.6. The van der Waals surface area contributed by atoms with E-state index in [1.54, 1.807) is 0 Å². The van der Waals surface area contributed by atoms with Crippen molar-refractivity contribution < 1.29 is 32.3 Å². The largest absolute Gasteiger partial charge is 0.480 e. The number of carbonyl (C=O) groups is 1. The summed E-state index contributed by atoms with van der Waals surface area (Å²) in [5.74, 6) is -0.733. The van der Waals surface area contributed by atoms with Crippen LogP contribution < -0.4 is 0 Å². The molecule has 0 aromatic carbocycles. The van der Waals surface area contributed by atoms with Crippen molar-refractivity contribution in [3.63, 3.8) is 0 Å². The van der Waals surface area contributed by atoms with Crippen LogP contribution >= 0.6 is 15.9 Å². The van der Waals surface area contributed by atoms with Crippen LogP contribution in [0.2, 0.25) is 0 Å². The maximum Gasteiger partial charge on any atom is 0.317 e. The Morgan fingerprint density at radius 1 is 0.850 bits per heavy atom. The Labute approximate surface area is 149 Å². The van der Waals surface area contributed by atoms with Gasteiger partial charge >= 0.3 is 5.97 Å². The summed E-state index contributed by atoms with van der Waals surface area (Å²) in [4.78, 5) is 10.2. The fourth-order valence-electron chi connectivity index (χ4n) is 2.29. The summed E-state index contributed by atoms with van der Waals surface area (Å²) in [6, 6.07) is 0. The molecule has 2 nitrogen and oxygen atoms in total. The third-order valence-corrected chi connectivity index (χ3v) is 4.43. The van der Waals surface area contributed by atoms with Crippen molar-refractivity contribution in [2.24, 2.45) is 0 Å². The van der Waals surface area contributed by atoms with E-state index >= 15 is 0 Å². The molecule has 1 atom stereocenters. The van der Waals surface area contributed by atoms with Gasteiger partial charge in [-0.2, -0.15) is 0 Å². The maximum atomic E-state index is 10.6. The SMILES string of the molecule is CCCCCCCCCCCCCCC(Br)C(=O)O.[Ag]. The number of unbranched alkanes of at least 4 members (excludes halogenated alkanes) is 11. The average molecular weight is 443 g/mol. The van der Waals surface area contributed by atoms with Crippen LogP contribution in [0.25, 0.3) is 0 Å². The van der Waals surface area contributed by atoms with Gasteiger partial charge in [-0.05, 0) is 6.42 Å². The first kappa shape index (κ1) is 23.0. The van der Waals surface area contributed by atoms with Gasteiger partial charge in [0.2, 0.25) is 0 Å². The Hall–Kier alpha value is 0.690. The van der Waals surface area contributed by atoms with E-state index in [2.05, 4.69) is 22.9 Å². The smallest absolute Gasteiger partial charge is 0.317 e.